The first-order valence-corrected chi connectivity index (χ1v) is 11.2. The standard InChI is InChI=1S/C22H22F5N7O/c23-17(24)12-34-21-16(7-30-34)29-8-19(31-21)32-9-13-1-2-14(10-32)11-33(20(35)5-13)18-6-15(3-4-28-18)22(25,26)27/h3-4,6-8,13-14,17H,1-2,5,9-12H2. The van der Waals surface area contributed by atoms with Gasteiger partial charge in [0.1, 0.15) is 23.7 Å². The van der Waals surface area contributed by atoms with E-state index in [1.807, 2.05) is 4.90 Å². The lowest BCUT2D eigenvalue weighted by Crippen LogP contribution is -2.39. The van der Waals surface area contributed by atoms with Crippen molar-refractivity contribution < 1.29 is 26.7 Å². The Labute approximate surface area is 196 Å². The summed E-state index contributed by atoms with van der Waals surface area (Å²) >= 11 is 0. The molecule has 3 aromatic heterocycles. The molecule has 2 aliphatic heterocycles. The van der Waals surface area contributed by atoms with Gasteiger partial charge in [-0.15, -0.1) is 0 Å². The van der Waals surface area contributed by atoms with Crippen molar-refractivity contribution >= 4 is 28.7 Å². The van der Waals surface area contributed by atoms with Gasteiger partial charge in [-0.05, 0) is 36.8 Å². The van der Waals surface area contributed by atoms with Gasteiger partial charge in [-0.3, -0.25) is 9.69 Å². The van der Waals surface area contributed by atoms with E-state index in [1.54, 1.807) is 6.20 Å². The molecule has 2 saturated heterocycles. The molecule has 35 heavy (non-hydrogen) atoms. The van der Waals surface area contributed by atoms with Crippen LogP contribution in [0.1, 0.15) is 24.8 Å². The Balaban J connectivity index is 1.43. The van der Waals surface area contributed by atoms with E-state index >= 15 is 0 Å². The number of anilines is 2. The molecule has 186 valence electrons. The summed E-state index contributed by atoms with van der Waals surface area (Å²) in [6.45, 7) is 0.605. The SMILES string of the molecule is O=C1CC2CCC(CN(c3cnc4cnn(CC(F)F)c4n3)C2)CN1c1cc(C(F)(F)F)ccn1. The Morgan fingerprint density at radius 3 is 2.57 bits per heavy atom. The summed E-state index contributed by atoms with van der Waals surface area (Å²) in [6.07, 6.45) is -1.40. The highest BCUT2D eigenvalue weighted by molar-refractivity contribution is 5.92. The van der Waals surface area contributed by atoms with Crippen LogP contribution < -0.4 is 9.80 Å². The van der Waals surface area contributed by atoms with Gasteiger partial charge in [-0.2, -0.15) is 18.3 Å². The molecule has 2 atom stereocenters. The summed E-state index contributed by atoms with van der Waals surface area (Å²) in [5.74, 6) is 0.100. The van der Waals surface area contributed by atoms with E-state index in [4.69, 9.17) is 0 Å². The number of alkyl halides is 5. The second-order valence-corrected chi connectivity index (χ2v) is 8.98. The molecule has 8 nitrogen and oxygen atoms in total. The maximum Gasteiger partial charge on any atom is 0.416 e. The molecule has 13 heteroatoms. The number of carbonyl (C=O) groups is 1. The third-order valence-corrected chi connectivity index (χ3v) is 6.46. The van der Waals surface area contributed by atoms with Crippen LogP contribution in [0.15, 0.2) is 30.7 Å². The second-order valence-electron chi connectivity index (χ2n) is 8.98. The molecule has 2 bridgehead atoms. The van der Waals surface area contributed by atoms with Crippen LogP contribution in [0.4, 0.5) is 33.6 Å². The Morgan fingerprint density at radius 1 is 1.03 bits per heavy atom. The van der Waals surface area contributed by atoms with Crippen molar-refractivity contribution in [2.24, 2.45) is 11.8 Å². The second kappa shape index (κ2) is 9.00. The molecule has 0 spiro atoms. The van der Waals surface area contributed by atoms with E-state index < -0.39 is 24.7 Å². The molecule has 2 unspecified atom stereocenters. The number of halogens is 5. The third kappa shape index (κ3) is 4.89. The molecule has 5 rings (SSSR count). The molecule has 0 aliphatic carbocycles. The molecule has 0 saturated carbocycles. The van der Waals surface area contributed by atoms with E-state index in [2.05, 4.69) is 20.1 Å². The highest BCUT2D eigenvalue weighted by Crippen LogP contribution is 2.34. The van der Waals surface area contributed by atoms with Crippen LogP contribution in [0.2, 0.25) is 0 Å². The van der Waals surface area contributed by atoms with Crippen molar-refractivity contribution in [3.63, 3.8) is 0 Å². The van der Waals surface area contributed by atoms with Crippen molar-refractivity contribution in [3.8, 4) is 0 Å². The van der Waals surface area contributed by atoms with Crippen molar-refractivity contribution in [3.05, 3.63) is 36.3 Å². The average molecular weight is 495 g/mol. The van der Waals surface area contributed by atoms with Gasteiger partial charge in [0.15, 0.2) is 5.65 Å². The first kappa shape index (κ1) is 23.4. The molecule has 5 heterocycles. The van der Waals surface area contributed by atoms with Crippen molar-refractivity contribution in [1.82, 2.24) is 24.7 Å². The molecule has 0 N–H and O–H groups in total. The van der Waals surface area contributed by atoms with Crippen LogP contribution in [-0.2, 0) is 17.5 Å². The van der Waals surface area contributed by atoms with Crippen molar-refractivity contribution in [2.45, 2.75) is 38.4 Å². The molecule has 1 amide bonds. The molecule has 2 fully saturated rings. The van der Waals surface area contributed by atoms with Gasteiger partial charge in [0.05, 0.1) is 18.0 Å². The molecule has 0 aromatic carbocycles. The number of pyridine rings is 1. The zero-order valence-corrected chi connectivity index (χ0v) is 18.5. The van der Waals surface area contributed by atoms with Gasteiger partial charge >= 0.3 is 6.18 Å². The maximum absolute atomic E-state index is 13.2. The lowest BCUT2D eigenvalue weighted by atomic mass is 9.92. The van der Waals surface area contributed by atoms with E-state index in [0.717, 1.165) is 35.9 Å². The van der Waals surface area contributed by atoms with Gasteiger partial charge in [0, 0.05) is 32.3 Å². The Bertz CT molecular complexity index is 1230. The highest BCUT2D eigenvalue weighted by atomic mass is 19.4. The summed E-state index contributed by atoms with van der Waals surface area (Å²) in [5, 5.41) is 3.95. The first-order valence-electron chi connectivity index (χ1n) is 11.2. The minimum Gasteiger partial charge on any atom is -0.355 e. The number of nitrogens with zero attached hydrogens (tertiary/aromatic N) is 7. The largest absolute Gasteiger partial charge is 0.416 e. The van der Waals surface area contributed by atoms with Crippen LogP contribution in [0.5, 0.6) is 0 Å². The molecule has 2 aliphatic rings. The summed E-state index contributed by atoms with van der Waals surface area (Å²) in [6, 6.07) is 1.79. The van der Waals surface area contributed by atoms with Crippen LogP contribution in [-0.4, -0.2) is 56.7 Å². The van der Waals surface area contributed by atoms with E-state index in [9.17, 15) is 26.7 Å². The topological polar surface area (TPSA) is 80.0 Å². The number of aromatic nitrogens is 5. The highest BCUT2D eigenvalue weighted by Gasteiger charge is 2.36. The smallest absolute Gasteiger partial charge is 0.355 e. The number of hydrogen-bond acceptors (Lipinski definition) is 6. The normalized spacial score (nSPS) is 21.5. The van der Waals surface area contributed by atoms with E-state index in [-0.39, 0.29) is 42.2 Å². The third-order valence-electron chi connectivity index (χ3n) is 6.46. The van der Waals surface area contributed by atoms with Crippen LogP contribution in [0, 0.1) is 11.8 Å². The van der Waals surface area contributed by atoms with Gasteiger partial charge in [0.25, 0.3) is 6.43 Å². The monoisotopic (exact) mass is 495 g/mol. The van der Waals surface area contributed by atoms with Crippen LogP contribution in [0.25, 0.3) is 11.2 Å². The van der Waals surface area contributed by atoms with Gasteiger partial charge in [0.2, 0.25) is 5.91 Å². The van der Waals surface area contributed by atoms with E-state index in [1.165, 1.54) is 11.1 Å². The predicted molar refractivity (Wildman–Crippen MR) is 116 cm³/mol. The number of rotatable bonds is 4. The van der Waals surface area contributed by atoms with Crippen LogP contribution in [0.3, 0.4) is 0 Å². The molecule has 0 radical (unpaired) electrons. The predicted octanol–water partition coefficient (Wildman–Crippen LogP) is 3.77. The summed E-state index contributed by atoms with van der Waals surface area (Å²) in [5.41, 5.74) is -0.203. The summed E-state index contributed by atoms with van der Waals surface area (Å²) in [4.78, 5) is 29.3. The Morgan fingerprint density at radius 2 is 1.80 bits per heavy atom. The lowest BCUT2D eigenvalue weighted by molar-refractivity contribution is -0.137. The average Bonchev–Trinajstić information content (AvgIpc) is 3.10. The van der Waals surface area contributed by atoms with E-state index in [0.29, 0.717) is 24.4 Å². The summed E-state index contributed by atoms with van der Waals surface area (Å²) in [7, 11) is 0. The zero-order chi connectivity index (χ0) is 24.7. The molecule has 3 aromatic rings. The number of fused-ring (bicyclic) bond motifs is 4. The Hall–Kier alpha value is -3.38. The number of amides is 1. The van der Waals surface area contributed by atoms with Gasteiger partial charge in [-0.25, -0.2) is 28.4 Å². The van der Waals surface area contributed by atoms with Crippen molar-refractivity contribution in [2.75, 3.05) is 29.4 Å². The lowest BCUT2D eigenvalue weighted by Gasteiger charge is -2.29. The maximum atomic E-state index is 13.2. The fourth-order valence-corrected chi connectivity index (χ4v) is 4.79. The quantitative estimate of drug-likeness (QED) is 0.513. The van der Waals surface area contributed by atoms with Gasteiger partial charge < -0.3 is 4.90 Å². The molecular weight excluding hydrogens is 473 g/mol. The summed E-state index contributed by atoms with van der Waals surface area (Å²) < 4.78 is 66.6. The number of carbonyl (C=O) groups excluding carboxylic acids is 1. The minimum absolute atomic E-state index is 0.0129. The van der Waals surface area contributed by atoms with Gasteiger partial charge in [-0.1, -0.05) is 0 Å². The minimum atomic E-state index is -4.54. The fourth-order valence-electron chi connectivity index (χ4n) is 4.79. The Kier molecular flexibility index (Phi) is 6.01. The fraction of sp³-hybridized carbons (Fsp3) is 0.500. The molecular formula is C22H22F5N7O. The zero-order valence-electron chi connectivity index (χ0n) is 18.5. The van der Waals surface area contributed by atoms with Crippen LogP contribution >= 0.6 is 0 Å². The first-order chi connectivity index (χ1) is 16.7. The number of hydrogen-bond donors (Lipinski definition) is 0. The van der Waals surface area contributed by atoms with Crippen molar-refractivity contribution in [1.29, 1.82) is 0 Å².